The maximum Gasteiger partial charge on any atom is 0.389 e. The van der Waals surface area contributed by atoms with Gasteiger partial charge in [-0.2, -0.15) is 18.3 Å². The minimum atomic E-state index is -4.30. The molecule has 3 heterocycles. The minimum Gasteiger partial charge on any atom is -0.496 e. The zero-order valence-electron chi connectivity index (χ0n) is 20.6. The van der Waals surface area contributed by atoms with Crippen LogP contribution in [-0.2, 0) is 0 Å². The molecule has 1 saturated heterocycles. The van der Waals surface area contributed by atoms with Crippen LogP contribution in [0.4, 0.5) is 23.2 Å². The summed E-state index contributed by atoms with van der Waals surface area (Å²) in [5.41, 5.74) is 0.963. The summed E-state index contributed by atoms with van der Waals surface area (Å²) in [5, 5.41) is 11.8. The molecule has 4 aliphatic rings. The third kappa shape index (κ3) is 4.64. The van der Waals surface area contributed by atoms with Crippen molar-refractivity contribution in [2.24, 2.45) is 38.4 Å². The van der Waals surface area contributed by atoms with E-state index in [2.05, 4.69) is 25.4 Å². The van der Waals surface area contributed by atoms with Crippen molar-refractivity contribution in [2.75, 3.05) is 51.8 Å². The molecule has 196 valence electrons. The fourth-order valence-corrected chi connectivity index (χ4v) is 6.65. The van der Waals surface area contributed by atoms with Crippen molar-refractivity contribution in [1.82, 2.24) is 4.90 Å². The molecule has 0 amide bonds. The smallest absolute Gasteiger partial charge is 0.389 e. The summed E-state index contributed by atoms with van der Waals surface area (Å²) in [6.07, 6.45) is -0.735. The molecule has 1 aromatic rings. The number of nitrogens with zero attached hydrogens (tertiary/aromatic N) is 4. The summed E-state index contributed by atoms with van der Waals surface area (Å²) in [7, 11) is 1.56. The van der Waals surface area contributed by atoms with Crippen LogP contribution in [0.25, 0.3) is 0 Å². The number of benzene rings is 1. The second-order valence-electron chi connectivity index (χ2n) is 10.6. The van der Waals surface area contributed by atoms with Crippen LogP contribution in [0.3, 0.4) is 0 Å². The summed E-state index contributed by atoms with van der Waals surface area (Å²) >= 11 is 0. The standard InChI is InChI=1S/C26H33F4N5O/c1-16-12-31-24-25(15-32-34-24)7-6-19(21(23(16)25)11-26(28,29)30)20-5-4-17(10-22(20)36-2)33-18-13-35(14-18)9-3-8-27/h4-7,10,16,18-19,21,23,33H,3,8-9,11-15H2,1-2H3/t16-,19+,21?,23?,25?/m0/s1. The highest BCUT2D eigenvalue weighted by molar-refractivity contribution is 5.93. The number of rotatable bonds is 8. The third-order valence-electron chi connectivity index (χ3n) is 8.17. The molecular formula is C26H33F4N5O. The maximum atomic E-state index is 13.9. The SMILES string of the molecule is COc1cc(NC2CN(CCCF)C2)ccc1[C@H]1C=CC23CN=NC2=NC[C@H](C)C3C1CC(F)(F)F. The van der Waals surface area contributed by atoms with Crippen molar-refractivity contribution in [1.29, 1.82) is 0 Å². The van der Waals surface area contributed by atoms with Gasteiger partial charge in [0.25, 0.3) is 0 Å². The van der Waals surface area contributed by atoms with Gasteiger partial charge in [0.2, 0.25) is 0 Å². The Kier molecular flexibility index (Phi) is 6.82. The molecule has 0 saturated carbocycles. The Labute approximate surface area is 208 Å². The number of alkyl halides is 4. The first-order valence-electron chi connectivity index (χ1n) is 12.7. The molecule has 36 heavy (non-hydrogen) atoms. The van der Waals surface area contributed by atoms with Gasteiger partial charge in [0.05, 0.1) is 31.8 Å². The lowest BCUT2D eigenvalue weighted by Gasteiger charge is -2.50. The fourth-order valence-electron chi connectivity index (χ4n) is 6.65. The van der Waals surface area contributed by atoms with Crippen molar-refractivity contribution >= 4 is 11.5 Å². The molecule has 1 aliphatic carbocycles. The number of azo groups is 1. The average Bonchev–Trinajstić information content (AvgIpc) is 3.22. The first kappa shape index (κ1) is 25.2. The number of allylic oxidation sites excluding steroid dienone is 1. The van der Waals surface area contributed by atoms with Crippen LogP contribution >= 0.6 is 0 Å². The van der Waals surface area contributed by atoms with Gasteiger partial charge in [0.1, 0.15) is 5.75 Å². The van der Waals surface area contributed by atoms with Gasteiger partial charge < -0.3 is 10.1 Å². The van der Waals surface area contributed by atoms with Crippen LogP contribution in [0.2, 0.25) is 0 Å². The number of aliphatic imine (C=N–C) groups is 1. The Morgan fingerprint density at radius 2 is 2.06 bits per heavy atom. The number of nitrogens with one attached hydrogen (secondary N) is 1. The lowest BCUT2D eigenvalue weighted by molar-refractivity contribution is -0.154. The summed E-state index contributed by atoms with van der Waals surface area (Å²) in [6.45, 7) is 4.91. The predicted molar refractivity (Wildman–Crippen MR) is 131 cm³/mol. The van der Waals surface area contributed by atoms with Crippen molar-refractivity contribution in [3.8, 4) is 5.75 Å². The zero-order valence-corrected chi connectivity index (χ0v) is 20.6. The molecule has 0 aromatic heterocycles. The Morgan fingerprint density at radius 3 is 2.78 bits per heavy atom. The normalized spacial score (nSPS) is 32.0. The number of ether oxygens (including phenoxy) is 1. The largest absolute Gasteiger partial charge is 0.496 e. The minimum absolute atomic E-state index is 0.0251. The van der Waals surface area contributed by atoms with E-state index < -0.39 is 29.8 Å². The van der Waals surface area contributed by atoms with E-state index in [4.69, 9.17) is 4.74 Å². The molecule has 1 spiro atoms. The monoisotopic (exact) mass is 507 g/mol. The first-order chi connectivity index (χ1) is 17.2. The topological polar surface area (TPSA) is 61.6 Å². The number of likely N-dealkylation sites (tertiary alicyclic amines) is 1. The van der Waals surface area contributed by atoms with E-state index in [1.807, 2.05) is 37.3 Å². The Balaban J connectivity index is 1.42. The molecule has 6 nitrogen and oxygen atoms in total. The highest BCUT2D eigenvalue weighted by Gasteiger charge is 2.57. The molecule has 1 N–H and O–H groups in total. The second kappa shape index (κ2) is 9.76. The molecule has 5 atom stereocenters. The van der Waals surface area contributed by atoms with E-state index in [-0.39, 0.29) is 24.6 Å². The Hall–Kier alpha value is -2.49. The van der Waals surface area contributed by atoms with Gasteiger partial charge in [-0.05, 0) is 30.2 Å². The summed E-state index contributed by atoms with van der Waals surface area (Å²) in [6, 6.07) is 5.94. The van der Waals surface area contributed by atoms with E-state index >= 15 is 0 Å². The van der Waals surface area contributed by atoms with Crippen LogP contribution in [0.15, 0.2) is 45.6 Å². The number of halogens is 4. The van der Waals surface area contributed by atoms with Crippen LogP contribution in [0.5, 0.6) is 5.75 Å². The van der Waals surface area contributed by atoms with E-state index in [0.29, 0.717) is 31.1 Å². The van der Waals surface area contributed by atoms with E-state index in [0.717, 1.165) is 30.9 Å². The number of amidine groups is 1. The third-order valence-corrected chi connectivity index (χ3v) is 8.17. The van der Waals surface area contributed by atoms with Crippen molar-refractivity contribution in [2.45, 2.75) is 37.9 Å². The van der Waals surface area contributed by atoms with Gasteiger partial charge in [0.15, 0.2) is 5.84 Å². The number of methoxy groups -OCH3 is 1. The molecule has 0 bridgehead atoms. The van der Waals surface area contributed by atoms with Gasteiger partial charge in [-0.15, -0.1) is 5.11 Å². The lowest BCUT2D eigenvalue weighted by Crippen LogP contribution is -2.54. The highest BCUT2D eigenvalue weighted by atomic mass is 19.4. The Bertz CT molecular complexity index is 1050. The lowest BCUT2D eigenvalue weighted by atomic mass is 9.55. The maximum absolute atomic E-state index is 13.9. The van der Waals surface area contributed by atoms with Gasteiger partial charge >= 0.3 is 6.18 Å². The Morgan fingerprint density at radius 1 is 1.25 bits per heavy atom. The summed E-state index contributed by atoms with van der Waals surface area (Å²) in [5.74, 6) is -0.284. The van der Waals surface area contributed by atoms with Crippen LogP contribution in [-0.4, -0.2) is 69.5 Å². The predicted octanol–water partition coefficient (Wildman–Crippen LogP) is 5.49. The number of hydrogen-bond donors (Lipinski definition) is 1. The molecular weight excluding hydrogens is 474 g/mol. The van der Waals surface area contributed by atoms with E-state index in [9.17, 15) is 17.6 Å². The molecule has 1 fully saturated rings. The van der Waals surface area contributed by atoms with Crippen molar-refractivity contribution in [3.05, 3.63) is 35.9 Å². The summed E-state index contributed by atoms with van der Waals surface area (Å²) in [4.78, 5) is 6.75. The molecule has 1 aromatic carbocycles. The van der Waals surface area contributed by atoms with E-state index in [1.54, 1.807) is 7.11 Å². The average molecular weight is 508 g/mol. The quantitative estimate of drug-likeness (QED) is 0.374. The molecule has 3 unspecified atom stereocenters. The van der Waals surface area contributed by atoms with Crippen molar-refractivity contribution < 1.29 is 22.3 Å². The second-order valence-corrected chi connectivity index (χ2v) is 10.6. The molecule has 5 rings (SSSR count). The van der Waals surface area contributed by atoms with Gasteiger partial charge in [0, 0.05) is 55.8 Å². The van der Waals surface area contributed by atoms with Crippen LogP contribution in [0.1, 0.15) is 31.2 Å². The van der Waals surface area contributed by atoms with Gasteiger partial charge in [-0.25, -0.2) is 0 Å². The fraction of sp³-hybridized carbons (Fsp3) is 0.654. The van der Waals surface area contributed by atoms with Gasteiger partial charge in [-0.1, -0.05) is 25.1 Å². The van der Waals surface area contributed by atoms with Gasteiger partial charge in [-0.3, -0.25) is 14.3 Å². The van der Waals surface area contributed by atoms with Crippen molar-refractivity contribution in [3.63, 3.8) is 0 Å². The number of hydrogen-bond acceptors (Lipinski definition) is 6. The molecule has 3 aliphatic heterocycles. The zero-order chi connectivity index (χ0) is 25.5. The molecule has 10 heteroatoms. The highest BCUT2D eigenvalue weighted by Crippen LogP contribution is 2.57. The van der Waals surface area contributed by atoms with E-state index in [1.165, 1.54) is 0 Å². The molecule has 0 radical (unpaired) electrons. The first-order valence-corrected chi connectivity index (χ1v) is 12.7. The number of anilines is 1. The van der Waals surface area contributed by atoms with Crippen LogP contribution < -0.4 is 10.1 Å². The van der Waals surface area contributed by atoms with Crippen LogP contribution in [0, 0.1) is 23.2 Å². The summed E-state index contributed by atoms with van der Waals surface area (Å²) < 4.78 is 59.9.